The number of benzene rings is 1. The van der Waals surface area contributed by atoms with Crippen molar-refractivity contribution in [3.05, 3.63) is 59.9 Å². The van der Waals surface area contributed by atoms with Crippen LogP contribution in [0.3, 0.4) is 0 Å². The van der Waals surface area contributed by atoms with Gasteiger partial charge in [0.05, 0.1) is 12.8 Å². The van der Waals surface area contributed by atoms with Gasteiger partial charge in [0.1, 0.15) is 5.69 Å². The molecule has 116 valence electrons. The molecule has 23 heavy (non-hydrogen) atoms. The topological polar surface area (TPSA) is 87.2 Å². The first-order valence-electron chi connectivity index (χ1n) is 6.98. The van der Waals surface area contributed by atoms with Crippen molar-refractivity contribution in [3.63, 3.8) is 0 Å². The third-order valence-electron chi connectivity index (χ3n) is 3.10. The quantitative estimate of drug-likeness (QED) is 0.688. The van der Waals surface area contributed by atoms with Gasteiger partial charge in [-0.1, -0.05) is 23.4 Å². The Morgan fingerprint density at radius 1 is 1.22 bits per heavy atom. The minimum absolute atomic E-state index is 0.0433. The summed E-state index contributed by atoms with van der Waals surface area (Å²) < 4.78 is 11.2. The molecule has 0 N–H and O–H groups in total. The molecule has 0 amide bonds. The third-order valence-corrected chi connectivity index (χ3v) is 3.10. The van der Waals surface area contributed by atoms with Crippen molar-refractivity contribution in [1.82, 2.24) is 14.9 Å². The number of esters is 1. The molecule has 7 heteroatoms. The van der Waals surface area contributed by atoms with Gasteiger partial charge in [0, 0.05) is 11.6 Å². The van der Waals surface area contributed by atoms with Gasteiger partial charge in [-0.3, -0.25) is 4.79 Å². The van der Waals surface area contributed by atoms with Crippen molar-refractivity contribution in [2.75, 3.05) is 6.61 Å². The van der Waals surface area contributed by atoms with Crippen LogP contribution < -0.4 is 0 Å². The van der Waals surface area contributed by atoms with Crippen LogP contribution in [-0.4, -0.2) is 33.4 Å². The summed E-state index contributed by atoms with van der Waals surface area (Å²) >= 11 is 0. The van der Waals surface area contributed by atoms with Crippen LogP contribution in [0.15, 0.2) is 53.2 Å². The number of rotatable bonds is 4. The van der Waals surface area contributed by atoms with Crippen LogP contribution in [0.25, 0.3) is 11.5 Å². The highest BCUT2D eigenvalue weighted by Crippen LogP contribution is 2.21. The van der Waals surface area contributed by atoms with Crippen molar-refractivity contribution < 1.29 is 18.8 Å². The molecule has 0 aliphatic heterocycles. The molecule has 0 saturated heterocycles. The first-order chi connectivity index (χ1) is 11.2. The molecule has 2 heterocycles. The molecule has 0 spiro atoms. The van der Waals surface area contributed by atoms with E-state index in [0.29, 0.717) is 11.3 Å². The van der Waals surface area contributed by atoms with Gasteiger partial charge in [0.2, 0.25) is 0 Å². The lowest BCUT2D eigenvalue weighted by Crippen LogP contribution is -2.14. The van der Waals surface area contributed by atoms with Gasteiger partial charge in [-0.05, 0) is 25.1 Å². The van der Waals surface area contributed by atoms with Crippen LogP contribution in [-0.2, 0) is 4.74 Å². The zero-order valence-corrected chi connectivity index (χ0v) is 12.3. The number of nitrogens with zero attached hydrogens (tertiary/aromatic N) is 3. The zero-order valence-electron chi connectivity index (χ0n) is 12.3. The van der Waals surface area contributed by atoms with E-state index >= 15 is 0 Å². The monoisotopic (exact) mass is 311 g/mol. The summed E-state index contributed by atoms with van der Waals surface area (Å²) in [4.78, 5) is 24.1. The fraction of sp³-hybridized carbons (Fsp3) is 0.125. The number of hydrogen-bond acceptors (Lipinski definition) is 6. The molecule has 0 bridgehead atoms. The Morgan fingerprint density at radius 2 is 2.00 bits per heavy atom. The second kappa shape index (κ2) is 6.27. The molecule has 1 aromatic carbocycles. The maximum absolute atomic E-state index is 12.5. The van der Waals surface area contributed by atoms with E-state index < -0.39 is 5.97 Å². The Balaban J connectivity index is 1.93. The van der Waals surface area contributed by atoms with Crippen LogP contribution in [0.5, 0.6) is 0 Å². The van der Waals surface area contributed by atoms with Crippen LogP contribution in [0.4, 0.5) is 0 Å². The summed E-state index contributed by atoms with van der Waals surface area (Å²) in [6.45, 7) is 1.94. The molecule has 0 fully saturated rings. The molecule has 0 unspecified atom stereocenters. The lowest BCUT2D eigenvalue weighted by Gasteiger charge is -2.03. The molecule has 3 aromatic rings. The second-order valence-corrected chi connectivity index (χ2v) is 4.60. The average Bonchev–Trinajstić information content (AvgIpc) is 3.24. The molecule has 3 rings (SSSR count). The Hall–Kier alpha value is -3.22. The van der Waals surface area contributed by atoms with Crippen molar-refractivity contribution in [2.45, 2.75) is 6.92 Å². The van der Waals surface area contributed by atoms with Crippen molar-refractivity contribution in [2.24, 2.45) is 0 Å². The van der Waals surface area contributed by atoms with Crippen LogP contribution in [0, 0.1) is 0 Å². The minimum Gasteiger partial charge on any atom is -0.461 e. The summed E-state index contributed by atoms with van der Waals surface area (Å²) in [7, 11) is 0. The van der Waals surface area contributed by atoms with Gasteiger partial charge >= 0.3 is 5.97 Å². The highest BCUT2D eigenvalue weighted by atomic mass is 16.5. The summed E-state index contributed by atoms with van der Waals surface area (Å²) in [5.41, 5.74) is 0.936. The molecular formula is C16H13N3O4. The molecular weight excluding hydrogens is 298 g/mol. The lowest BCUT2D eigenvalue weighted by molar-refractivity contribution is 0.0514. The van der Waals surface area contributed by atoms with E-state index in [2.05, 4.69) is 10.3 Å². The number of carbonyl (C=O) groups excluding carboxylic acids is 2. The van der Waals surface area contributed by atoms with E-state index in [9.17, 15) is 9.59 Å². The molecule has 2 aromatic heterocycles. The highest BCUT2D eigenvalue weighted by molar-refractivity contribution is 5.97. The van der Waals surface area contributed by atoms with Crippen molar-refractivity contribution in [1.29, 1.82) is 0 Å². The molecule has 0 saturated carbocycles. The third kappa shape index (κ3) is 2.89. The Labute approximate surface area is 131 Å². The summed E-state index contributed by atoms with van der Waals surface area (Å²) in [5.74, 6) is -0.627. The molecule has 0 aliphatic rings. The number of ether oxygens (including phenoxy) is 1. The second-order valence-electron chi connectivity index (χ2n) is 4.60. The van der Waals surface area contributed by atoms with E-state index in [0.717, 1.165) is 0 Å². The van der Waals surface area contributed by atoms with Crippen molar-refractivity contribution in [3.8, 4) is 11.5 Å². The Morgan fingerprint density at radius 3 is 2.74 bits per heavy atom. The fourth-order valence-electron chi connectivity index (χ4n) is 2.05. The van der Waals surface area contributed by atoms with Crippen molar-refractivity contribution >= 4 is 11.9 Å². The maximum Gasteiger partial charge on any atom is 0.360 e. The van der Waals surface area contributed by atoms with Crippen LogP contribution >= 0.6 is 0 Å². The molecule has 0 radical (unpaired) electrons. The van der Waals surface area contributed by atoms with E-state index in [-0.39, 0.29) is 24.0 Å². The Kier molecular flexibility index (Phi) is 4.01. The smallest absolute Gasteiger partial charge is 0.360 e. The van der Waals surface area contributed by atoms with Gasteiger partial charge in [0.25, 0.3) is 5.91 Å². The SMILES string of the molecule is CCOC(=O)c1cc(-c2ccnn2C(=O)c2ccccc2)on1. The normalized spacial score (nSPS) is 10.5. The summed E-state index contributed by atoms with van der Waals surface area (Å²) in [6, 6.07) is 11.8. The van der Waals surface area contributed by atoms with E-state index in [1.54, 1.807) is 37.3 Å². The van der Waals surface area contributed by atoms with E-state index in [1.807, 2.05) is 6.07 Å². The largest absolute Gasteiger partial charge is 0.461 e. The predicted molar refractivity (Wildman–Crippen MR) is 79.9 cm³/mol. The molecule has 0 aliphatic carbocycles. The highest BCUT2D eigenvalue weighted by Gasteiger charge is 2.20. The first kappa shape index (κ1) is 14.7. The van der Waals surface area contributed by atoms with Gasteiger partial charge in [-0.15, -0.1) is 0 Å². The summed E-state index contributed by atoms with van der Waals surface area (Å²) in [6.07, 6.45) is 1.47. The zero-order chi connectivity index (χ0) is 16.2. The van der Waals surface area contributed by atoms with E-state index in [1.165, 1.54) is 16.9 Å². The maximum atomic E-state index is 12.5. The number of carbonyl (C=O) groups is 2. The van der Waals surface area contributed by atoms with Gasteiger partial charge in [-0.2, -0.15) is 9.78 Å². The fourth-order valence-corrected chi connectivity index (χ4v) is 2.05. The standard InChI is InChI=1S/C16H13N3O4/c1-2-22-16(21)12-10-14(23-18-12)13-8-9-17-19(13)15(20)11-6-4-3-5-7-11/h3-10H,2H2,1H3. The van der Waals surface area contributed by atoms with E-state index in [4.69, 9.17) is 9.26 Å². The average molecular weight is 311 g/mol. The molecule has 0 atom stereocenters. The first-order valence-corrected chi connectivity index (χ1v) is 6.98. The number of aromatic nitrogens is 3. The lowest BCUT2D eigenvalue weighted by atomic mass is 10.2. The van der Waals surface area contributed by atoms with Crippen LogP contribution in [0.1, 0.15) is 27.8 Å². The molecule has 7 nitrogen and oxygen atoms in total. The minimum atomic E-state index is -0.581. The number of hydrogen-bond donors (Lipinski definition) is 0. The summed E-state index contributed by atoms with van der Waals surface area (Å²) in [5, 5.41) is 7.68. The van der Waals surface area contributed by atoms with Crippen LogP contribution in [0.2, 0.25) is 0 Å². The Bertz CT molecular complexity index is 836. The van der Waals surface area contributed by atoms with Gasteiger partial charge < -0.3 is 9.26 Å². The van der Waals surface area contributed by atoms with Gasteiger partial charge in [-0.25, -0.2) is 4.79 Å². The van der Waals surface area contributed by atoms with Gasteiger partial charge in [0.15, 0.2) is 11.5 Å². The predicted octanol–water partition coefficient (Wildman–Crippen LogP) is 2.40.